The summed E-state index contributed by atoms with van der Waals surface area (Å²) in [6, 6.07) is 6.36. The lowest BCUT2D eigenvalue weighted by Gasteiger charge is -2.17. The van der Waals surface area contributed by atoms with Gasteiger partial charge in [-0.15, -0.1) is 0 Å². The van der Waals surface area contributed by atoms with Crippen molar-refractivity contribution >= 4 is 11.6 Å². The molecular weight excluding hydrogens is 509 g/mol. The van der Waals surface area contributed by atoms with Gasteiger partial charge in [-0.2, -0.15) is 4.39 Å². The summed E-state index contributed by atoms with van der Waals surface area (Å²) in [5.74, 6) is -3.60. The summed E-state index contributed by atoms with van der Waals surface area (Å²) in [6.07, 6.45) is 2.09. The summed E-state index contributed by atoms with van der Waals surface area (Å²) in [4.78, 5) is 23.9. The summed E-state index contributed by atoms with van der Waals surface area (Å²) in [5.41, 5.74) is -2.36. The van der Waals surface area contributed by atoms with Gasteiger partial charge in [-0.25, -0.2) is 18.7 Å². The third-order valence-corrected chi connectivity index (χ3v) is 5.80. The largest absolute Gasteiger partial charge is 0.485 e. The molecule has 0 aliphatic rings. The van der Waals surface area contributed by atoms with Crippen LogP contribution in [0.3, 0.4) is 0 Å². The Morgan fingerprint density at radius 3 is 2.65 bits per heavy atom. The molecule has 0 saturated carbocycles. The number of aromatic amines is 1. The fourth-order valence-corrected chi connectivity index (χ4v) is 3.78. The predicted octanol–water partition coefficient (Wildman–Crippen LogP) is 4.60. The number of aromatic nitrogens is 4. The van der Waals surface area contributed by atoms with E-state index < -0.39 is 51.6 Å². The molecule has 0 spiro atoms. The van der Waals surface area contributed by atoms with Crippen LogP contribution in [-0.4, -0.2) is 19.6 Å². The van der Waals surface area contributed by atoms with Crippen molar-refractivity contribution in [3.8, 4) is 22.8 Å². The van der Waals surface area contributed by atoms with Gasteiger partial charge in [-0.3, -0.25) is 14.3 Å². The van der Waals surface area contributed by atoms with Gasteiger partial charge in [0.1, 0.15) is 45.8 Å². The van der Waals surface area contributed by atoms with E-state index in [1.54, 1.807) is 19.1 Å². The van der Waals surface area contributed by atoms with Crippen LogP contribution in [-0.2, 0) is 12.2 Å². The van der Waals surface area contributed by atoms with Crippen molar-refractivity contribution in [2.24, 2.45) is 0 Å². The van der Waals surface area contributed by atoms with Crippen LogP contribution in [0.1, 0.15) is 39.2 Å². The monoisotopic (exact) mass is 533 g/mol. The number of nitrogens with one attached hydrogen (secondary N) is 1. The number of nitrogens with zero attached hydrogens (tertiary/aromatic N) is 3. The highest BCUT2D eigenvalue weighted by atomic mass is 35.5. The maximum atomic E-state index is 16.0. The standard InChI is InChI=1S/C26H22ClF3N4O3/c1-13-10-32-23(17-6-5-7-20(33-17)26(3,4)36)22(30)24(13)34-14(2)8-19(21(27)25(34)35)37-12-18-16(29)9-15(28)11-31-18/h5-11,36H,12H2,1-4H3/p+1/i12D2. The summed E-state index contributed by atoms with van der Waals surface area (Å²) in [7, 11) is 0. The Morgan fingerprint density at radius 1 is 1.24 bits per heavy atom. The van der Waals surface area contributed by atoms with Crippen molar-refractivity contribution in [2.45, 2.75) is 39.9 Å². The van der Waals surface area contributed by atoms with E-state index in [1.165, 1.54) is 39.1 Å². The minimum atomic E-state index is -2.93. The van der Waals surface area contributed by atoms with Crippen molar-refractivity contribution < 1.29 is 30.7 Å². The molecule has 37 heavy (non-hydrogen) atoms. The summed E-state index contributed by atoms with van der Waals surface area (Å²) in [6.45, 7) is 3.15. The quantitative estimate of drug-likeness (QED) is 0.391. The van der Waals surface area contributed by atoms with Crippen LogP contribution in [0.5, 0.6) is 5.75 Å². The maximum Gasteiger partial charge on any atom is 0.278 e. The van der Waals surface area contributed by atoms with Crippen molar-refractivity contribution in [2.75, 3.05) is 0 Å². The van der Waals surface area contributed by atoms with E-state index >= 15 is 4.39 Å². The Morgan fingerprint density at radius 2 is 1.97 bits per heavy atom. The van der Waals surface area contributed by atoms with Crippen molar-refractivity contribution in [3.05, 3.63) is 98.2 Å². The number of H-pyrrole nitrogens is 1. The van der Waals surface area contributed by atoms with E-state index in [4.69, 9.17) is 19.1 Å². The van der Waals surface area contributed by atoms with Gasteiger partial charge in [0.15, 0.2) is 12.0 Å². The summed E-state index contributed by atoms with van der Waals surface area (Å²) in [5, 5.41) is 9.70. The molecule has 11 heteroatoms. The fraction of sp³-hybridized carbons (Fsp3) is 0.231. The van der Waals surface area contributed by atoms with Crippen LogP contribution < -0.4 is 15.3 Å². The second kappa shape index (κ2) is 9.95. The molecule has 0 fully saturated rings. The Hall–Kier alpha value is -3.76. The number of hydrogen-bond acceptors (Lipinski definition) is 5. The number of aliphatic hydroxyl groups is 1. The third kappa shape index (κ3) is 5.21. The van der Waals surface area contributed by atoms with Gasteiger partial charge in [0.25, 0.3) is 11.3 Å². The zero-order chi connectivity index (χ0) is 28.9. The first kappa shape index (κ1) is 23.6. The molecule has 0 aliphatic carbocycles. The second-order valence-corrected chi connectivity index (χ2v) is 9.15. The van der Waals surface area contributed by atoms with Gasteiger partial charge in [-0.1, -0.05) is 17.7 Å². The molecule has 0 saturated heterocycles. The lowest BCUT2D eigenvalue weighted by molar-refractivity contribution is -0.368. The molecule has 4 aromatic rings. The van der Waals surface area contributed by atoms with E-state index in [-0.39, 0.29) is 22.8 Å². The Kier molecular flexibility index (Phi) is 6.35. The SMILES string of the molecule is [2H]C([2H])(Oc1cc(C)n(-c2c(C)c[nH+]c(-c3cccc(C(C)(C)O)n3)c2F)c(=O)c1Cl)c1ncc(F)cc1F. The van der Waals surface area contributed by atoms with Gasteiger partial charge in [0.2, 0.25) is 5.82 Å². The first-order valence-corrected chi connectivity index (χ1v) is 11.3. The number of hydrogen-bond donors (Lipinski definition) is 1. The molecule has 0 unspecified atom stereocenters. The van der Waals surface area contributed by atoms with Crippen molar-refractivity contribution in [1.29, 1.82) is 0 Å². The van der Waals surface area contributed by atoms with Crippen molar-refractivity contribution in [3.63, 3.8) is 0 Å². The lowest BCUT2D eigenvalue weighted by Crippen LogP contribution is -2.26. The molecule has 0 radical (unpaired) electrons. The molecule has 7 nitrogen and oxygen atoms in total. The molecule has 2 N–H and O–H groups in total. The Balaban J connectivity index is 1.83. The van der Waals surface area contributed by atoms with Gasteiger partial charge in [-0.05, 0) is 39.8 Å². The van der Waals surface area contributed by atoms with Gasteiger partial charge in [0, 0.05) is 23.4 Å². The van der Waals surface area contributed by atoms with Crippen LogP contribution in [0.25, 0.3) is 17.1 Å². The highest BCUT2D eigenvalue weighted by Gasteiger charge is 2.27. The highest BCUT2D eigenvalue weighted by Crippen LogP contribution is 2.29. The minimum Gasteiger partial charge on any atom is -0.485 e. The molecule has 0 aromatic carbocycles. The van der Waals surface area contributed by atoms with Crippen LogP contribution in [0, 0.1) is 31.3 Å². The van der Waals surface area contributed by atoms with Crippen LogP contribution in [0.2, 0.25) is 5.02 Å². The fourth-order valence-electron chi connectivity index (χ4n) is 3.61. The average Bonchev–Trinajstić information content (AvgIpc) is 2.83. The normalized spacial score (nSPS) is 12.8. The lowest BCUT2D eigenvalue weighted by atomic mass is 10.0. The number of aryl methyl sites for hydroxylation is 2. The number of halogens is 4. The average molecular weight is 534 g/mol. The molecule has 0 aliphatic heterocycles. The van der Waals surface area contributed by atoms with E-state index in [0.29, 0.717) is 23.5 Å². The van der Waals surface area contributed by atoms with Crippen LogP contribution in [0.15, 0.2) is 47.5 Å². The number of ether oxygens (including phenoxy) is 1. The van der Waals surface area contributed by atoms with Crippen LogP contribution in [0.4, 0.5) is 13.2 Å². The summed E-state index contributed by atoms with van der Waals surface area (Å²) < 4.78 is 65.8. The third-order valence-electron chi connectivity index (χ3n) is 5.45. The van der Waals surface area contributed by atoms with Crippen molar-refractivity contribution in [1.82, 2.24) is 14.5 Å². The summed E-state index contributed by atoms with van der Waals surface area (Å²) >= 11 is 6.24. The molecule has 4 aromatic heterocycles. The Labute approximate surface area is 218 Å². The molecule has 0 bridgehead atoms. The molecule has 0 atom stereocenters. The topological polar surface area (TPSA) is 91.4 Å². The second-order valence-electron chi connectivity index (χ2n) is 8.77. The Bertz CT molecular complexity index is 1660. The van der Waals surface area contributed by atoms with E-state index in [0.717, 1.165) is 4.57 Å². The van der Waals surface area contributed by atoms with E-state index in [1.807, 2.05) is 0 Å². The maximum absolute atomic E-state index is 16.0. The van der Waals surface area contributed by atoms with Gasteiger partial charge >= 0.3 is 0 Å². The molecule has 0 amide bonds. The first-order chi connectivity index (χ1) is 18.1. The molecular formula is C26H23ClF3N4O3+. The van der Waals surface area contributed by atoms with E-state index in [9.17, 15) is 18.7 Å². The molecule has 4 heterocycles. The zero-order valence-electron chi connectivity index (χ0n) is 22.2. The van der Waals surface area contributed by atoms with E-state index in [2.05, 4.69) is 15.0 Å². The van der Waals surface area contributed by atoms with Gasteiger partial charge in [0.05, 0.1) is 14.6 Å². The zero-order valence-corrected chi connectivity index (χ0v) is 20.9. The van der Waals surface area contributed by atoms with Crippen LogP contribution >= 0.6 is 11.6 Å². The predicted molar refractivity (Wildman–Crippen MR) is 130 cm³/mol. The minimum absolute atomic E-state index is 0.0568. The number of pyridine rings is 4. The molecule has 192 valence electrons. The van der Waals surface area contributed by atoms with Gasteiger partial charge < -0.3 is 9.84 Å². The highest BCUT2D eigenvalue weighted by molar-refractivity contribution is 6.31. The molecule has 4 rings (SSSR count). The number of rotatable bonds is 6. The smallest absolute Gasteiger partial charge is 0.278 e. The first-order valence-electron chi connectivity index (χ1n) is 12.0.